The van der Waals surface area contributed by atoms with Crippen molar-refractivity contribution < 1.29 is 17.3 Å². The first-order valence-corrected chi connectivity index (χ1v) is 10.5. The Morgan fingerprint density at radius 2 is 1.75 bits per heavy atom. The molecule has 0 fully saturated rings. The molecule has 0 saturated carbocycles. The van der Waals surface area contributed by atoms with E-state index in [2.05, 4.69) is 5.10 Å². The van der Waals surface area contributed by atoms with E-state index >= 15 is 0 Å². The van der Waals surface area contributed by atoms with Crippen molar-refractivity contribution in [3.05, 3.63) is 65.4 Å². The van der Waals surface area contributed by atoms with E-state index in [9.17, 15) is 8.42 Å². The van der Waals surface area contributed by atoms with Gasteiger partial charge in [-0.15, -0.1) is 0 Å². The molecule has 3 aromatic rings. The van der Waals surface area contributed by atoms with Crippen LogP contribution in [-0.4, -0.2) is 25.3 Å². The number of rotatable bonds is 7. The summed E-state index contributed by atoms with van der Waals surface area (Å²) in [4.78, 5) is 0.0544. The molecule has 0 N–H and O–H groups in total. The molecule has 0 aliphatic rings. The number of ether oxygens (including phenoxy) is 1. The molecule has 0 radical (unpaired) electrons. The number of hydrogen-bond donors (Lipinski definition) is 0. The van der Waals surface area contributed by atoms with Crippen LogP contribution in [0.15, 0.2) is 53.4 Å². The Labute approximate surface area is 165 Å². The molecule has 2 aromatic carbocycles. The van der Waals surface area contributed by atoms with Gasteiger partial charge in [-0.05, 0) is 56.2 Å². The lowest BCUT2D eigenvalue weighted by molar-refractivity contribution is 0.414. The van der Waals surface area contributed by atoms with Crippen molar-refractivity contribution >= 4 is 10.1 Å². The van der Waals surface area contributed by atoms with Crippen LogP contribution < -0.4 is 8.92 Å². The molecule has 7 heteroatoms. The number of methoxy groups -OCH3 is 1. The van der Waals surface area contributed by atoms with Crippen molar-refractivity contribution in [3.63, 3.8) is 0 Å². The molecule has 0 aliphatic heterocycles. The van der Waals surface area contributed by atoms with Gasteiger partial charge in [0.15, 0.2) is 0 Å². The van der Waals surface area contributed by atoms with Gasteiger partial charge in [-0.1, -0.05) is 31.0 Å². The van der Waals surface area contributed by atoms with Crippen molar-refractivity contribution in [1.82, 2.24) is 9.78 Å². The Balaban J connectivity index is 2.02. The van der Waals surface area contributed by atoms with Gasteiger partial charge in [-0.25, -0.2) is 0 Å². The summed E-state index contributed by atoms with van der Waals surface area (Å²) in [6.07, 6.45) is 1.63. The summed E-state index contributed by atoms with van der Waals surface area (Å²) >= 11 is 0. The van der Waals surface area contributed by atoms with Gasteiger partial charge < -0.3 is 8.92 Å². The van der Waals surface area contributed by atoms with Crippen molar-refractivity contribution in [2.75, 3.05) is 7.11 Å². The average Bonchev–Trinajstić information content (AvgIpc) is 3.03. The SMILES string of the molecule is CCCc1cc(OS(=O)(=O)c2ccc(OC)cc2)n(-c2ccc(C)cc2C)n1. The van der Waals surface area contributed by atoms with Gasteiger partial charge in [0, 0.05) is 6.07 Å². The highest BCUT2D eigenvalue weighted by Gasteiger charge is 2.22. The van der Waals surface area contributed by atoms with E-state index in [4.69, 9.17) is 8.92 Å². The normalized spacial score (nSPS) is 11.4. The lowest BCUT2D eigenvalue weighted by Gasteiger charge is -2.12. The first kappa shape index (κ1) is 19.9. The van der Waals surface area contributed by atoms with Crippen LogP contribution in [0.2, 0.25) is 0 Å². The van der Waals surface area contributed by atoms with Gasteiger partial charge >= 0.3 is 10.1 Å². The summed E-state index contributed by atoms with van der Waals surface area (Å²) in [6, 6.07) is 13.7. The fourth-order valence-electron chi connectivity index (χ4n) is 2.97. The maximum absolute atomic E-state index is 12.8. The van der Waals surface area contributed by atoms with Gasteiger partial charge in [0.25, 0.3) is 0 Å². The maximum Gasteiger partial charge on any atom is 0.340 e. The predicted octanol–water partition coefficient (Wildman–Crippen LogP) is 4.22. The fourth-order valence-corrected chi connectivity index (χ4v) is 3.88. The van der Waals surface area contributed by atoms with Crippen molar-refractivity contribution in [3.8, 4) is 17.3 Å². The molecule has 0 aliphatic carbocycles. The van der Waals surface area contributed by atoms with Gasteiger partial charge in [0.05, 0.1) is 18.5 Å². The molecule has 0 spiro atoms. The molecule has 0 unspecified atom stereocenters. The summed E-state index contributed by atoms with van der Waals surface area (Å²) < 4.78 is 37.7. The Morgan fingerprint density at radius 3 is 2.36 bits per heavy atom. The monoisotopic (exact) mass is 400 g/mol. The Kier molecular flexibility index (Phi) is 5.74. The quantitative estimate of drug-likeness (QED) is 0.556. The highest BCUT2D eigenvalue weighted by Crippen LogP contribution is 2.27. The average molecular weight is 401 g/mol. The van der Waals surface area contributed by atoms with E-state index in [0.29, 0.717) is 5.75 Å². The molecule has 0 saturated heterocycles. The first-order chi connectivity index (χ1) is 13.3. The number of benzene rings is 2. The second-order valence-corrected chi connectivity index (χ2v) is 8.18. The van der Waals surface area contributed by atoms with Crippen LogP contribution in [0.25, 0.3) is 5.69 Å². The smallest absolute Gasteiger partial charge is 0.340 e. The molecule has 6 nitrogen and oxygen atoms in total. The van der Waals surface area contributed by atoms with E-state index in [-0.39, 0.29) is 10.8 Å². The number of hydrogen-bond acceptors (Lipinski definition) is 5. The van der Waals surface area contributed by atoms with E-state index < -0.39 is 10.1 Å². The van der Waals surface area contributed by atoms with E-state index in [1.165, 1.54) is 19.2 Å². The third-order valence-corrected chi connectivity index (χ3v) is 5.60. The largest absolute Gasteiger partial charge is 0.497 e. The van der Waals surface area contributed by atoms with Gasteiger partial charge in [0.2, 0.25) is 5.88 Å². The molecule has 1 aromatic heterocycles. The minimum absolute atomic E-state index is 0.0544. The van der Waals surface area contributed by atoms with Gasteiger partial charge in [0.1, 0.15) is 10.6 Å². The van der Waals surface area contributed by atoms with Crippen LogP contribution in [0.3, 0.4) is 0 Å². The molecule has 0 atom stereocenters. The first-order valence-electron chi connectivity index (χ1n) is 9.09. The standard InChI is InChI=1S/C21H24N2O4S/c1-5-6-17-14-21(23(22-17)20-12-7-15(2)13-16(20)3)27-28(24,25)19-10-8-18(26-4)9-11-19/h7-14H,5-6H2,1-4H3. The van der Waals surface area contributed by atoms with E-state index in [1.54, 1.807) is 22.9 Å². The van der Waals surface area contributed by atoms with E-state index in [0.717, 1.165) is 35.3 Å². The van der Waals surface area contributed by atoms with E-state index in [1.807, 2.05) is 39.0 Å². The van der Waals surface area contributed by atoms with Gasteiger partial charge in [-0.2, -0.15) is 18.2 Å². The molecule has 28 heavy (non-hydrogen) atoms. The summed E-state index contributed by atoms with van der Waals surface area (Å²) in [5.41, 5.74) is 3.67. The maximum atomic E-state index is 12.8. The Morgan fingerprint density at radius 1 is 1.04 bits per heavy atom. The summed E-state index contributed by atoms with van der Waals surface area (Å²) in [7, 11) is -2.48. The van der Waals surface area contributed by atoms with Crippen molar-refractivity contribution in [2.45, 2.75) is 38.5 Å². The number of aryl methyl sites for hydroxylation is 3. The van der Waals surface area contributed by atoms with Crippen LogP contribution in [0.1, 0.15) is 30.2 Å². The van der Waals surface area contributed by atoms with Crippen molar-refractivity contribution in [2.24, 2.45) is 0 Å². The molecular weight excluding hydrogens is 376 g/mol. The van der Waals surface area contributed by atoms with Crippen LogP contribution in [0.4, 0.5) is 0 Å². The third kappa shape index (κ3) is 4.20. The fraction of sp³-hybridized carbons (Fsp3) is 0.286. The topological polar surface area (TPSA) is 70.4 Å². The minimum atomic E-state index is -4.01. The highest BCUT2D eigenvalue weighted by molar-refractivity contribution is 7.87. The predicted molar refractivity (Wildman–Crippen MR) is 108 cm³/mol. The summed E-state index contributed by atoms with van der Waals surface area (Å²) in [5.74, 6) is 0.746. The Bertz CT molecular complexity index is 1070. The van der Waals surface area contributed by atoms with Crippen LogP contribution >= 0.6 is 0 Å². The van der Waals surface area contributed by atoms with Gasteiger partial charge in [-0.3, -0.25) is 0 Å². The molecular formula is C21H24N2O4S. The van der Waals surface area contributed by atoms with Crippen molar-refractivity contribution in [1.29, 1.82) is 0 Å². The number of nitrogens with zero attached hydrogens (tertiary/aromatic N) is 2. The zero-order chi connectivity index (χ0) is 20.3. The van der Waals surface area contributed by atoms with Crippen LogP contribution in [0.5, 0.6) is 11.6 Å². The molecule has 1 heterocycles. The molecule has 0 bridgehead atoms. The summed E-state index contributed by atoms with van der Waals surface area (Å²) in [6.45, 7) is 6.02. The van der Waals surface area contributed by atoms with Crippen LogP contribution in [-0.2, 0) is 16.5 Å². The lowest BCUT2D eigenvalue weighted by atomic mass is 10.1. The summed E-state index contributed by atoms with van der Waals surface area (Å²) in [5, 5.41) is 4.57. The second-order valence-electron chi connectivity index (χ2n) is 6.64. The lowest BCUT2D eigenvalue weighted by Crippen LogP contribution is -2.13. The minimum Gasteiger partial charge on any atom is -0.497 e. The molecule has 0 amide bonds. The third-order valence-electron chi connectivity index (χ3n) is 4.36. The van der Waals surface area contributed by atoms with Crippen LogP contribution in [0, 0.1) is 13.8 Å². The molecule has 3 rings (SSSR count). The zero-order valence-electron chi connectivity index (χ0n) is 16.5. The Hall–Kier alpha value is -2.80. The second kappa shape index (κ2) is 8.06. The molecule has 148 valence electrons. The highest BCUT2D eigenvalue weighted by atomic mass is 32.2. The zero-order valence-corrected chi connectivity index (χ0v) is 17.3. The number of aromatic nitrogens is 2.